The lowest BCUT2D eigenvalue weighted by molar-refractivity contribution is -0.0293. The van der Waals surface area contributed by atoms with Gasteiger partial charge < -0.3 is 19.7 Å². The van der Waals surface area contributed by atoms with Gasteiger partial charge in [0.2, 0.25) is 0 Å². The van der Waals surface area contributed by atoms with E-state index in [2.05, 4.69) is 5.32 Å². The van der Waals surface area contributed by atoms with Crippen molar-refractivity contribution in [2.24, 2.45) is 5.92 Å². The van der Waals surface area contributed by atoms with Crippen LogP contribution in [0.2, 0.25) is 0 Å². The zero-order valence-electron chi connectivity index (χ0n) is 15.1. The zero-order valence-corrected chi connectivity index (χ0v) is 15.1. The van der Waals surface area contributed by atoms with E-state index < -0.39 is 11.7 Å². The predicted octanol–water partition coefficient (Wildman–Crippen LogP) is 3.31. The molecule has 0 radical (unpaired) electrons. The second-order valence-electron chi connectivity index (χ2n) is 8.10. The van der Waals surface area contributed by atoms with E-state index in [4.69, 9.17) is 9.47 Å². The van der Waals surface area contributed by atoms with Crippen LogP contribution in [0.4, 0.5) is 9.59 Å². The maximum absolute atomic E-state index is 12.4. The fourth-order valence-electron chi connectivity index (χ4n) is 3.66. The molecule has 2 bridgehead atoms. The number of hydrogen-bond donors (Lipinski definition) is 1. The molecule has 2 saturated heterocycles. The number of alkyl carbamates (subject to hydrolysis) is 1. The van der Waals surface area contributed by atoms with Gasteiger partial charge in [0.25, 0.3) is 0 Å². The fourth-order valence-corrected chi connectivity index (χ4v) is 3.66. The van der Waals surface area contributed by atoms with E-state index in [-0.39, 0.29) is 18.2 Å². The smallest absolute Gasteiger partial charge is 0.410 e. The summed E-state index contributed by atoms with van der Waals surface area (Å²) in [5.74, 6) is 0.410. The number of ether oxygens (including phenoxy) is 2. The van der Waals surface area contributed by atoms with Gasteiger partial charge >= 0.3 is 12.2 Å². The molecule has 1 N–H and O–H groups in total. The van der Waals surface area contributed by atoms with Crippen molar-refractivity contribution < 1.29 is 19.1 Å². The van der Waals surface area contributed by atoms with Gasteiger partial charge in [0.05, 0.1) is 5.54 Å². The monoisotopic (exact) mass is 346 g/mol. The van der Waals surface area contributed by atoms with Gasteiger partial charge in [0.15, 0.2) is 0 Å². The third kappa shape index (κ3) is 4.44. The van der Waals surface area contributed by atoms with E-state index in [0.717, 1.165) is 18.4 Å². The van der Waals surface area contributed by atoms with Crippen LogP contribution in [0.1, 0.15) is 39.2 Å². The molecular formula is C19H26N2O4. The number of hydrogen-bond acceptors (Lipinski definition) is 4. The molecule has 1 saturated carbocycles. The lowest BCUT2D eigenvalue weighted by Crippen LogP contribution is -2.69. The summed E-state index contributed by atoms with van der Waals surface area (Å²) in [5, 5.41) is 2.97. The van der Waals surface area contributed by atoms with Crippen LogP contribution in [0.3, 0.4) is 0 Å². The number of carbonyl (C=O) groups is 2. The van der Waals surface area contributed by atoms with Crippen LogP contribution in [-0.2, 0) is 16.1 Å². The molecule has 6 heteroatoms. The highest BCUT2D eigenvalue weighted by atomic mass is 16.6. The highest BCUT2D eigenvalue weighted by Gasteiger charge is 2.52. The first-order valence-corrected chi connectivity index (χ1v) is 8.72. The van der Waals surface area contributed by atoms with Crippen LogP contribution in [0.5, 0.6) is 0 Å². The third-order valence-electron chi connectivity index (χ3n) is 4.56. The number of fused-ring (bicyclic) bond motifs is 2. The molecule has 4 rings (SSSR count). The first kappa shape index (κ1) is 17.6. The molecule has 2 aliphatic heterocycles. The van der Waals surface area contributed by atoms with Crippen molar-refractivity contribution in [1.82, 2.24) is 10.2 Å². The molecule has 1 aromatic rings. The minimum Gasteiger partial charge on any atom is -0.445 e. The van der Waals surface area contributed by atoms with Gasteiger partial charge in [0, 0.05) is 13.1 Å². The number of rotatable bonds is 3. The minimum absolute atomic E-state index is 0.257. The van der Waals surface area contributed by atoms with Crippen LogP contribution >= 0.6 is 0 Å². The second kappa shape index (κ2) is 6.58. The zero-order chi connectivity index (χ0) is 18.1. The maximum atomic E-state index is 12.4. The van der Waals surface area contributed by atoms with E-state index in [1.165, 1.54) is 0 Å². The van der Waals surface area contributed by atoms with E-state index in [1.54, 1.807) is 4.90 Å². The predicted molar refractivity (Wildman–Crippen MR) is 93.0 cm³/mol. The summed E-state index contributed by atoms with van der Waals surface area (Å²) in [6, 6.07) is 9.60. The Labute approximate surface area is 148 Å². The Hall–Kier alpha value is -2.24. The van der Waals surface area contributed by atoms with Crippen molar-refractivity contribution in [3.8, 4) is 0 Å². The Morgan fingerprint density at radius 3 is 2.56 bits per heavy atom. The summed E-state index contributed by atoms with van der Waals surface area (Å²) in [7, 11) is 0. The number of piperidine rings is 2. The third-order valence-corrected chi connectivity index (χ3v) is 4.56. The van der Waals surface area contributed by atoms with Crippen LogP contribution in [0, 0.1) is 5.92 Å². The molecular weight excluding hydrogens is 320 g/mol. The van der Waals surface area contributed by atoms with Gasteiger partial charge in [-0.3, -0.25) is 0 Å². The molecule has 0 aromatic heterocycles. The summed E-state index contributed by atoms with van der Waals surface area (Å²) in [6.07, 6.45) is 1.01. The van der Waals surface area contributed by atoms with Gasteiger partial charge in [-0.15, -0.1) is 0 Å². The van der Waals surface area contributed by atoms with Gasteiger partial charge in [0.1, 0.15) is 12.2 Å². The molecule has 0 atom stereocenters. The fraction of sp³-hybridized carbons (Fsp3) is 0.579. The number of benzene rings is 1. The van der Waals surface area contributed by atoms with Crippen molar-refractivity contribution in [2.75, 3.05) is 13.1 Å². The normalized spacial score (nSPS) is 24.9. The van der Waals surface area contributed by atoms with Crippen molar-refractivity contribution >= 4 is 12.2 Å². The molecule has 0 spiro atoms. The molecule has 1 aliphatic carbocycles. The Bertz CT molecular complexity index is 633. The number of carbonyl (C=O) groups excluding carboxylic acids is 2. The van der Waals surface area contributed by atoms with Gasteiger partial charge in [-0.25, -0.2) is 9.59 Å². The van der Waals surface area contributed by atoms with E-state index in [0.29, 0.717) is 19.0 Å². The minimum atomic E-state index is -0.535. The lowest BCUT2D eigenvalue weighted by atomic mass is 9.65. The van der Waals surface area contributed by atoms with Crippen LogP contribution < -0.4 is 5.32 Å². The van der Waals surface area contributed by atoms with Crippen molar-refractivity contribution in [3.05, 3.63) is 35.9 Å². The highest BCUT2D eigenvalue weighted by Crippen LogP contribution is 2.43. The second-order valence-corrected chi connectivity index (χ2v) is 8.10. The van der Waals surface area contributed by atoms with E-state index >= 15 is 0 Å². The lowest BCUT2D eigenvalue weighted by Gasteiger charge is -2.55. The van der Waals surface area contributed by atoms with Crippen molar-refractivity contribution in [3.63, 3.8) is 0 Å². The number of nitrogens with one attached hydrogen (secondary N) is 1. The highest BCUT2D eigenvalue weighted by molar-refractivity contribution is 5.71. The summed E-state index contributed by atoms with van der Waals surface area (Å²) < 4.78 is 10.8. The molecule has 1 aromatic carbocycles. The molecule has 3 fully saturated rings. The molecule has 2 amide bonds. The van der Waals surface area contributed by atoms with Crippen LogP contribution in [0.25, 0.3) is 0 Å². The molecule has 2 heterocycles. The largest absolute Gasteiger partial charge is 0.445 e. The molecule has 25 heavy (non-hydrogen) atoms. The SMILES string of the molecule is CC(C)(C)OC(=O)NC12CC(CN(C(=O)OCc3ccccc3)C1)C2. The van der Waals surface area contributed by atoms with Gasteiger partial charge in [-0.2, -0.15) is 0 Å². The first-order valence-electron chi connectivity index (χ1n) is 8.72. The average Bonchev–Trinajstić information content (AvgIpc) is 2.50. The van der Waals surface area contributed by atoms with Crippen molar-refractivity contribution in [2.45, 2.75) is 51.4 Å². The molecule has 3 aliphatic rings. The summed E-state index contributed by atoms with van der Waals surface area (Å²) in [5.41, 5.74) is 0.0451. The van der Waals surface area contributed by atoms with Gasteiger partial charge in [-0.1, -0.05) is 30.3 Å². The van der Waals surface area contributed by atoms with Crippen LogP contribution in [0.15, 0.2) is 30.3 Å². The molecule has 136 valence electrons. The standard InChI is InChI=1S/C19H26N2O4/c1-18(2,3)25-16(22)20-19-9-15(10-19)11-21(13-19)17(23)24-12-14-7-5-4-6-8-14/h4-8,15H,9-13H2,1-3H3,(H,20,22). The number of amides is 2. The van der Waals surface area contributed by atoms with Crippen molar-refractivity contribution in [1.29, 1.82) is 0 Å². The summed E-state index contributed by atoms with van der Waals surface area (Å²) in [4.78, 5) is 26.1. The molecule has 0 unspecified atom stereocenters. The van der Waals surface area contributed by atoms with Crippen LogP contribution in [-0.4, -0.2) is 41.3 Å². The Morgan fingerprint density at radius 1 is 1.24 bits per heavy atom. The van der Waals surface area contributed by atoms with E-state index in [1.807, 2.05) is 51.1 Å². The summed E-state index contributed by atoms with van der Waals surface area (Å²) in [6.45, 7) is 6.92. The first-order chi connectivity index (χ1) is 11.7. The Kier molecular flexibility index (Phi) is 4.62. The topological polar surface area (TPSA) is 67.9 Å². The Balaban J connectivity index is 1.53. The average molecular weight is 346 g/mol. The van der Waals surface area contributed by atoms with Gasteiger partial charge in [-0.05, 0) is 45.1 Å². The Morgan fingerprint density at radius 2 is 1.92 bits per heavy atom. The maximum Gasteiger partial charge on any atom is 0.410 e. The number of nitrogens with zero attached hydrogens (tertiary/aromatic N) is 1. The van der Waals surface area contributed by atoms with E-state index in [9.17, 15) is 9.59 Å². The summed E-state index contributed by atoms with van der Waals surface area (Å²) >= 11 is 0. The quantitative estimate of drug-likeness (QED) is 0.912. The molecule has 6 nitrogen and oxygen atoms in total.